The lowest BCUT2D eigenvalue weighted by molar-refractivity contribution is -0.150. The lowest BCUT2D eigenvalue weighted by atomic mass is 9.94. The molecule has 0 radical (unpaired) electrons. The minimum Gasteiger partial charge on any atom is -0.463 e. The highest BCUT2D eigenvalue weighted by atomic mass is 16.5. The third-order valence-corrected chi connectivity index (χ3v) is 3.53. The molecule has 0 aromatic heterocycles. The Labute approximate surface area is 91.8 Å². The molecule has 0 amide bonds. The predicted octanol–water partition coefficient (Wildman–Crippen LogP) is 1.98. The molecular weight excluding hydrogens is 192 g/mol. The topological polar surface area (TPSA) is 46.5 Å². The van der Waals surface area contributed by atoms with Crippen molar-refractivity contribution < 1.29 is 14.6 Å². The molecule has 1 rings (SSSR count). The Morgan fingerprint density at radius 2 is 2.07 bits per heavy atom. The van der Waals surface area contributed by atoms with E-state index in [4.69, 9.17) is 9.84 Å². The molecule has 1 N–H and O–H groups in total. The molecular formula is C12H22O3. The van der Waals surface area contributed by atoms with Gasteiger partial charge >= 0.3 is 5.97 Å². The van der Waals surface area contributed by atoms with Crippen LogP contribution >= 0.6 is 0 Å². The van der Waals surface area contributed by atoms with Gasteiger partial charge in [-0.2, -0.15) is 0 Å². The highest BCUT2D eigenvalue weighted by Crippen LogP contribution is 2.40. The van der Waals surface area contributed by atoms with Gasteiger partial charge in [-0.25, -0.2) is 0 Å². The molecule has 0 heterocycles. The van der Waals surface area contributed by atoms with Crippen molar-refractivity contribution in [1.82, 2.24) is 0 Å². The Morgan fingerprint density at radius 1 is 1.33 bits per heavy atom. The molecule has 3 heteroatoms. The van der Waals surface area contributed by atoms with Crippen molar-refractivity contribution >= 4 is 5.97 Å². The summed E-state index contributed by atoms with van der Waals surface area (Å²) in [6.45, 7) is 4.38. The van der Waals surface area contributed by atoms with E-state index in [1.807, 2.05) is 0 Å². The standard InChI is InChI=1S/C12H22O3/c1-3-9-7-10(4-2)11(8-9)12(14)15-6-5-13/h9-11,13H,3-8H2,1-2H3. The van der Waals surface area contributed by atoms with E-state index in [0.29, 0.717) is 11.8 Å². The first kappa shape index (κ1) is 12.5. The molecule has 3 unspecified atom stereocenters. The van der Waals surface area contributed by atoms with E-state index >= 15 is 0 Å². The van der Waals surface area contributed by atoms with E-state index in [1.54, 1.807) is 0 Å². The van der Waals surface area contributed by atoms with Crippen LogP contribution in [0.5, 0.6) is 0 Å². The summed E-state index contributed by atoms with van der Waals surface area (Å²) >= 11 is 0. The van der Waals surface area contributed by atoms with Gasteiger partial charge < -0.3 is 9.84 Å². The van der Waals surface area contributed by atoms with Gasteiger partial charge in [0.1, 0.15) is 6.61 Å². The van der Waals surface area contributed by atoms with Crippen LogP contribution in [0.3, 0.4) is 0 Å². The lowest BCUT2D eigenvalue weighted by Crippen LogP contribution is -2.22. The van der Waals surface area contributed by atoms with Crippen LogP contribution < -0.4 is 0 Å². The second kappa shape index (κ2) is 6.11. The summed E-state index contributed by atoms with van der Waals surface area (Å²) in [6, 6.07) is 0. The fourth-order valence-corrected chi connectivity index (χ4v) is 2.57. The zero-order valence-electron chi connectivity index (χ0n) is 9.74. The Hall–Kier alpha value is -0.570. The van der Waals surface area contributed by atoms with Gasteiger partial charge in [0.2, 0.25) is 0 Å². The number of aliphatic hydroxyl groups excluding tert-OH is 1. The van der Waals surface area contributed by atoms with Gasteiger partial charge in [-0.3, -0.25) is 4.79 Å². The van der Waals surface area contributed by atoms with E-state index < -0.39 is 0 Å². The quantitative estimate of drug-likeness (QED) is 0.712. The Morgan fingerprint density at radius 3 is 2.60 bits per heavy atom. The lowest BCUT2D eigenvalue weighted by Gasteiger charge is -2.15. The molecule has 0 bridgehead atoms. The summed E-state index contributed by atoms with van der Waals surface area (Å²) < 4.78 is 5.01. The minimum atomic E-state index is -0.105. The third kappa shape index (κ3) is 3.20. The number of aliphatic hydroxyl groups is 1. The molecule has 1 aliphatic rings. The summed E-state index contributed by atoms with van der Waals surface area (Å²) in [7, 11) is 0. The van der Waals surface area contributed by atoms with Crippen molar-refractivity contribution in [3.8, 4) is 0 Å². The van der Waals surface area contributed by atoms with Crippen LogP contribution in [0.2, 0.25) is 0 Å². The predicted molar refractivity (Wildman–Crippen MR) is 58.3 cm³/mol. The molecule has 88 valence electrons. The van der Waals surface area contributed by atoms with E-state index in [-0.39, 0.29) is 25.1 Å². The summed E-state index contributed by atoms with van der Waals surface area (Å²) in [5.74, 6) is 1.14. The van der Waals surface area contributed by atoms with Crippen LogP contribution in [0.1, 0.15) is 39.5 Å². The second-order valence-corrected chi connectivity index (χ2v) is 4.41. The summed E-state index contributed by atoms with van der Waals surface area (Å²) in [5, 5.41) is 8.60. The fraction of sp³-hybridized carbons (Fsp3) is 0.917. The van der Waals surface area contributed by atoms with Gasteiger partial charge in [0, 0.05) is 0 Å². The van der Waals surface area contributed by atoms with Crippen LogP contribution in [0.25, 0.3) is 0 Å². The highest BCUT2D eigenvalue weighted by Gasteiger charge is 2.37. The second-order valence-electron chi connectivity index (χ2n) is 4.41. The number of carbonyl (C=O) groups is 1. The van der Waals surface area contributed by atoms with Gasteiger partial charge in [-0.05, 0) is 24.7 Å². The molecule has 3 atom stereocenters. The average molecular weight is 214 g/mol. The monoisotopic (exact) mass is 214 g/mol. The Kier molecular flexibility index (Phi) is 5.09. The van der Waals surface area contributed by atoms with Crippen molar-refractivity contribution in [2.45, 2.75) is 39.5 Å². The third-order valence-electron chi connectivity index (χ3n) is 3.53. The van der Waals surface area contributed by atoms with Crippen molar-refractivity contribution in [2.75, 3.05) is 13.2 Å². The number of hydrogen-bond acceptors (Lipinski definition) is 3. The van der Waals surface area contributed by atoms with Crippen molar-refractivity contribution in [3.63, 3.8) is 0 Å². The van der Waals surface area contributed by atoms with Gasteiger partial charge in [0.15, 0.2) is 0 Å². The zero-order valence-corrected chi connectivity index (χ0v) is 9.74. The SMILES string of the molecule is CCC1CC(CC)C(C(=O)OCCO)C1. The number of ether oxygens (including phenoxy) is 1. The van der Waals surface area contributed by atoms with Crippen LogP contribution in [0.4, 0.5) is 0 Å². The fourth-order valence-electron chi connectivity index (χ4n) is 2.57. The van der Waals surface area contributed by atoms with Gasteiger partial charge in [-0.15, -0.1) is 0 Å². The number of hydrogen-bond donors (Lipinski definition) is 1. The molecule has 0 aromatic rings. The van der Waals surface area contributed by atoms with Crippen molar-refractivity contribution in [2.24, 2.45) is 17.8 Å². The summed E-state index contributed by atoms with van der Waals surface area (Å²) in [5.41, 5.74) is 0. The summed E-state index contributed by atoms with van der Waals surface area (Å²) in [4.78, 5) is 11.7. The maximum atomic E-state index is 11.7. The molecule has 15 heavy (non-hydrogen) atoms. The first-order chi connectivity index (χ1) is 7.22. The van der Waals surface area contributed by atoms with Crippen molar-refractivity contribution in [1.29, 1.82) is 0 Å². The van der Waals surface area contributed by atoms with Crippen LogP contribution in [0, 0.1) is 17.8 Å². The maximum Gasteiger partial charge on any atom is 0.309 e. The van der Waals surface area contributed by atoms with Gasteiger partial charge in [0.05, 0.1) is 12.5 Å². The van der Waals surface area contributed by atoms with Crippen LogP contribution in [-0.4, -0.2) is 24.3 Å². The highest BCUT2D eigenvalue weighted by molar-refractivity contribution is 5.73. The Bertz CT molecular complexity index is 203. The zero-order chi connectivity index (χ0) is 11.3. The first-order valence-corrected chi connectivity index (χ1v) is 6.00. The largest absolute Gasteiger partial charge is 0.463 e. The summed E-state index contributed by atoms with van der Waals surface area (Å²) in [6.07, 6.45) is 4.33. The number of rotatable bonds is 5. The molecule has 0 spiro atoms. The van der Waals surface area contributed by atoms with Crippen LogP contribution in [-0.2, 0) is 9.53 Å². The number of esters is 1. The molecule has 1 saturated carbocycles. The van der Waals surface area contributed by atoms with Gasteiger partial charge in [-0.1, -0.05) is 26.7 Å². The van der Waals surface area contributed by atoms with E-state index in [9.17, 15) is 4.79 Å². The first-order valence-electron chi connectivity index (χ1n) is 6.00. The molecule has 1 aliphatic carbocycles. The van der Waals surface area contributed by atoms with Gasteiger partial charge in [0.25, 0.3) is 0 Å². The van der Waals surface area contributed by atoms with E-state index in [2.05, 4.69) is 13.8 Å². The molecule has 1 fully saturated rings. The van der Waals surface area contributed by atoms with Crippen LogP contribution in [0.15, 0.2) is 0 Å². The van der Waals surface area contributed by atoms with E-state index in [1.165, 1.54) is 0 Å². The number of carbonyl (C=O) groups excluding carboxylic acids is 1. The Balaban J connectivity index is 2.48. The maximum absolute atomic E-state index is 11.7. The molecule has 3 nitrogen and oxygen atoms in total. The average Bonchev–Trinajstić information content (AvgIpc) is 2.69. The molecule has 0 aromatic carbocycles. The van der Waals surface area contributed by atoms with Crippen molar-refractivity contribution in [3.05, 3.63) is 0 Å². The molecule has 0 aliphatic heterocycles. The normalized spacial score (nSPS) is 30.5. The smallest absolute Gasteiger partial charge is 0.309 e. The molecule has 0 saturated heterocycles. The minimum absolute atomic E-state index is 0.0755. The van der Waals surface area contributed by atoms with E-state index in [0.717, 1.165) is 25.7 Å².